The van der Waals surface area contributed by atoms with Gasteiger partial charge in [0.25, 0.3) is 0 Å². The standard InChI is InChI=1S/C20H29FN2O/c1-14(16-4-3-11-22-13-16)12-20(24)23-19-6-2-5-18(19)15-7-9-17(21)10-8-15/h7-10,14,16,18-19,22H,2-6,11-13H2,1H3,(H,23,24). The Morgan fingerprint density at radius 1 is 1.25 bits per heavy atom. The average Bonchev–Trinajstić information content (AvgIpc) is 3.04. The summed E-state index contributed by atoms with van der Waals surface area (Å²) < 4.78 is 13.1. The van der Waals surface area contributed by atoms with E-state index < -0.39 is 0 Å². The van der Waals surface area contributed by atoms with E-state index in [2.05, 4.69) is 17.6 Å². The molecule has 4 unspecified atom stereocenters. The maximum Gasteiger partial charge on any atom is 0.220 e. The van der Waals surface area contributed by atoms with Gasteiger partial charge in [0.2, 0.25) is 5.91 Å². The summed E-state index contributed by atoms with van der Waals surface area (Å²) in [5.74, 6) is 1.32. The fourth-order valence-electron chi connectivity index (χ4n) is 4.33. The van der Waals surface area contributed by atoms with Crippen LogP contribution in [0, 0.1) is 17.7 Å². The number of piperidine rings is 1. The molecule has 1 aromatic rings. The Balaban J connectivity index is 1.53. The van der Waals surface area contributed by atoms with Gasteiger partial charge in [-0.1, -0.05) is 25.5 Å². The molecule has 1 aromatic carbocycles. The third-order valence-electron chi connectivity index (χ3n) is 5.81. The predicted molar refractivity (Wildman–Crippen MR) is 94.3 cm³/mol. The third-order valence-corrected chi connectivity index (χ3v) is 5.81. The summed E-state index contributed by atoms with van der Waals surface area (Å²) in [6.07, 6.45) is 6.26. The number of benzene rings is 1. The SMILES string of the molecule is CC(CC(=O)NC1CCCC1c1ccc(F)cc1)C1CCCNC1. The monoisotopic (exact) mass is 332 g/mol. The fourth-order valence-corrected chi connectivity index (χ4v) is 4.33. The molecule has 132 valence electrons. The molecule has 1 aliphatic carbocycles. The number of hydrogen-bond donors (Lipinski definition) is 2. The molecule has 1 saturated carbocycles. The average molecular weight is 332 g/mol. The zero-order chi connectivity index (χ0) is 16.9. The van der Waals surface area contributed by atoms with Crippen LogP contribution in [0.15, 0.2) is 24.3 Å². The summed E-state index contributed by atoms with van der Waals surface area (Å²) in [5, 5.41) is 6.69. The number of carbonyl (C=O) groups is 1. The molecule has 1 aliphatic heterocycles. The maximum absolute atomic E-state index is 13.1. The van der Waals surface area contributed by atoms with Gasteiger partial charge in [0, 0.05) is 18.4 Å². The molecule has 2 aliphatic rings. The maximum atomic E-state index is 13.1. The van der Waals surface area contributed by atoms with Crippen molar-refractivity contribution >= 4 is 5.91 Å². The number of rotatable bonds is 5. The zero-order valence-electron chi connectivity index (χ0n) is 14.6. The zero-order valence-corrected chi connectivity index (χ0v) is 14.6. The largest absolute Gasteiger partial charge is 0.353 e. The molecule has 0 bridgehead atoms. The van der Waals surface area contributed by atoms with E-state index in [9.17, 15) is 9.18 Å². The molecule has 4 atom stereocenters. The summed E-state index contributed by atoms with van der Waals surface area (Å²) in [4.78, 5) is 12.5. The second kappa shape index (κ2) is 8.11. The van der Waals surface area contributed by atoms with Crippen molar-refractivity contribution in [2.75, 3.05) is 13.1 Å². The lowest BCUT2D eigenvalue weighted by molar-refractivity contribution is -0.123. The molecule has 1 saturated heterocycles. The second-order valence-electron chi connectivity index (χ2n) is 7.55. The van der Waals surface area contributed by atoms with Crippen molar-refractivity contribution in [3.05, 3.63) is 35.6 Å². The van der Waals surface area contributed by atoms with E-state index in [1.807, 2.05) is 12.1 Å². The first-order chi connectivity index (χ1) is 11.6. The molecule has 4 heteroatoms. The van der Waals surface area contributed by atoms with Crippen molar-refractivity contribution in [3.8, 4) is 0 Å². The molecule has 3 rings (SSSR count). The van der Waals surface area contributed by atoms with Crippen LogP contribution in [-0.4, -0.2) is 25.0 Å². The third kappa shape index (κ3) is 4.35. The first-order valence-electron chi connectivity index (χ1n) is 9.39. The van der Waals surface area contributed by atoms with E-state index in [-0.39, 0.29) is 17.8 Å². The Labute approximate surface area is 144 Å². The highest BCUT2D eigenvalue weighted by molar-refractivity contribution is 5.76. The van der Waals surface area contributed by atoms with Crippen LogP contribution in [-0.2, 0) is 4.79 Å². The number of amides is 1. The second-order valence-corrected chi connectivity index (χ2v) is 7.55. The number of nitrogens with one attached hydrogen (secondary N) is 2. The molecule has 1 amide bonds. The van der Waals surface area contributed by atoms with E-state index in [4.69, 9.17) is 0 Å². The van der Waals surface area contributed by atoms with Crippen LogP contribution in [0.2, 0.25) is 0 Å². The van der Waals surface area contributed by atoms with E-state index >= 15 is 0 Å². The number of halogens is 1. The Kier molecular flexibility index (Phi) is 5.88. The van der Waals surface area contributed by atoms with Gasteiger partial charge in [-0.3, -0.25) is 4.79 Å². The molecule has 2 fully saturated rings. The van der Waals surface area contributed by atoms with Crippen molar-refractivity contribution in [1.29, 1.82) is 0 Å². The van der Waals surface area contributed by atoms with Crippen molar-refractivity contribution in [3.63, 3.8) is 0 Å². The lowest BCUT2D eigenvalue weighted by Crippen LogP contribution is -2.39. The first-order valence-corrected chi connectivity index (χ1v) is 9.39. The molecule has 2 N–H and O–H groups in total. The first kappa shape index (κ1) is 17.4. The van der Waals surface area contributed by atoms with Crippen LogP contribution in [0.25, 0.3) is 0 Å². The Hall–Kier alpha value is -1.42. The van der Waals surface area contributed by atoms with Gasteiger partial charge >= 0.3 is 0 Å². The Bertz CT molecular complexity index is 539. The summed E-state index contributed by atoms with van der Waals surface area (Å²) in [5.41, 5.74) is 1.14. The predicted octanol–water partition coefficient (Wildman–Crippen LogP) is 3.60. The molecule has 0 radical (unpaired) electrons. The van der Waals surface area contributed by atoms with E-state index in [0.29, 0.717) is 24.2 Å². The number of carbonyl (C=O) groups excluding carboxylic acids is 1. The van der Waals surface area contributed by atoms with Crippen molar-refractivity contribution in [2.24, 2.45) is 11.8 Å². The van der Waals surface area contributed by atoms with Gasteiger partial charge in [0.15, 0.2) is 0 Å². The molecule has 1 heterocycles. The molecule has 3 nitrogen and oxygen atoms in total. The Morgan fingerprint density at radius 3 is 2.75 bits per heavy atom. The molecule has 0 spiro atoms. The van der Waals surface area contributed by atoms with Crippen LogP contribution in [0.3, 0.4) is 0 Å². The molecular formula is C20H29FN2O. The number of hydrogen-bond acceptors (Lipinski definition) is 2. The van der Waals surface area contributed by atoms with E-state index in [0.717, 1.165) is 37.9 Å². The summed E-state index contributed by atoms with van der Waals surface area (Å²) >= 11 is 0. The van der Waals surface area contributed by atoms with Crippen LogP contribution >= 0.6 is 0 Å². The fraction of sp³-hybridized carbons (Fsp3) is 0.650. The van der Waals surface area contributed by atoms with Gasteiger partial charge in [0.1, 0.15) is 5.82 Å². The van der Waals surface area contributed by atoms with Crippen molar-refractivity contribution in [2.45, 2.75) is 57.4 Å². The lowest BCUT2D eigenvalue weighted by atomic mass is 9.85. The smallest absolute Gasteiger partial charge is 0.220 e. The Morgan fingerprint density at radius 2 is 2.04 bits per heavy atom. The molecule has 0 aromatic heterocycles. The summed E-state index contributed by atoms with van der Waals surface area (Å²) in [6, 6.07) is 6.95. The quantitative estimate of drug-likeness (QED) is 0.865. The topological polar surface area (TPSA) is 41.1 Å². The van der Waals surface area contributed by atoms with Gasteiger partial charge in [-0.2, -0.15) is 0 Å². The highest BCUT2D eigenvalue weighted by Gasteiger charge is 2.30. The minimum absolute atomic E-state index is 0.173. The van der Waals surface area contributed by atoms with Gasteiger partial charge in [-0.05, 0) is 68.3 Å². The van der Waals surface area contributed by atoms with Crippen LogP contribution < -0.4 is 10.6 Å². The van der Waals surface area contributed by atoms with Crippen molar-refractivity contribution in [1.82, 2.24) is 10.6 Å². The molecule has 24 heavy (non-hydrogen) atoms. The highest BCUT2D eigenvalue weighted by atomic mass is 19.1. The molecular weight excluding hydrogens is 303 g/mol. The van der Waals surface area contributed by atoms with Gasteiger partial charge in [-0.15, -0.1) is 0 Å². The highest BCUT2D eigenvalue weighted by Crippen LogP contribution is 2.35. The van der Waals surface area contributed by atoms with Crippen LogP contribution in [0.5, 0.6) is 0 Å². The van der Waals surface area contributed by atoms with Gasteiger partial charge in [-0.25, -0.2) is 4.39 Å². The van der Waals surface area contributed by atoms with Crippen molar-refractivity contribution < 1.29 is 9.18 Å². The minimum Gasteiger partial charge on any atom is -0.353 e. The van der Waals surface area contributed by atoms with Crippen LogP contribution in [0.1, 0.15) is 56.9 Å². The lowest BCUT2D eigenvalue weighted by Gasteiger charge is -2.29. The van der Waals surface area contributed by atoms with Crippen LogP contribution in [0.4, 0.5) is 4.39 Å². The minimum atomic E-state index is -0.202. The van der Waals surface area contributed by atoms with E-state index in [1.165, 1.54) is 25.0 Å². The summed E-state index contributed by atoms with van der Waals surface area (Å²) in [7, 11) is 0. The summed E-state index contributed by atoms with van der Waals surface area (Å²) in [6.45, 7) is 4.34. The van der Waals surface area contributed by atoms with Gasteiger partial charge in [0.05, 0.1) is 0 Å². The van der Waals surface area contributed by atoms with E-state index in [1.54, 1.807) is 0 Å². The van der Waals surface area contributed by atoms with Gasteiger partial charge < -0.3 is 10.6 Å². The normalized spacial score (nSPS) is 28.5.